The summed E-state index contributed by atoms with van der Waals surface area (Å²) in [5.74, 6) is -2.74. The van der Waals surface area contributed by atoms with Gasteiger partial charge in [-0.2, -0.15) is 0 Å². The minimum absolute atomic E-state index is 0.00827. The van der Waals surface area contributed by atoms with Crippen LogP contribution in [0.2, 0.25) is 0 Å². The molecular formula is C22H22FNO4. The lowest BCUT2D eigenvalue weighted by molar-refractivity contribution is -0.138. The van der Waals surface area contributed by atoms with E-state index in [0.29, 0.717) is 34.1 Å². The predicted molar refractivity (Wildman–Crippen MR) is 105 cm³/mol. The average molecular weight is 383 g/mol. The molecule has 0 spiro atoms. The number of carboxylic acid groups (broad SMARTS) is 1. The summed E-state index contributed by atoms with van der Waals surface area (Å²) in [4.78, 5) is 25.0. The van der Waals surface area contributed by atoms with Gasteiger partial charge in [0, 0.05) is 22.7 Å². The molecule has 1 atom stereocenters. The molecular weight excluding hydrogens is 361 g/mol. The summed E-state index contributed by atoms with van der Waals surface area (Å²) in [5, 5.41) is 10.2. The summed E-state index contributed by atoms with van der Waals surface area (Å²) in [6.07, 6.45) is 0.341. The van der Waals surface area contributed by atoms with E-state index in [1.165, 1.54) is 23.8 Å². The Labute approximate surface area is 162 Å². The van der Waals surface area contributed by atoms with Crippen LogP contribution in [0.5, 0.6) is 5.75 Å². The third-order valence-electron chi connectivity index (χ3n) is 5.08. The summed E-state index contributed by atoms with van der Waals surface area (Å²) in [6.45, 7) is 5.38. The fraction of sp³-hybridized carbons (Fsp3) is 0.273. The molecule has 5 nitrogen and oxygen atoms in total. The molecule has 0 fully saturated rings. The second-order valence-corrected chi connectivity index (χ2v) is 6.81. The number of hydrogen-bond donors (Lipinski definition) is 1. The van der Waals surface area contributed by atoms with Crippen molar-refractivity contribution in [2.75, 3.05) is 7.11 Å². The standard InChI is InChI=1S/C22H22FNO4/c1-5-15(22(26)27)20-13(3)24(21(25)14-8-6-12(2)7-9-14)18-11-17(23)19(28-4)10-16(18)20/h6-11,15H,5H2,1-4H3,(H,26,27). The molecule has 1 heterocycles. The largest absolute Gasteiger partial charge is 0.494 e. The second kappa shape index (κ2) is 7.46. The van der Waals surface area contributed by atoms with E-state index in [1.54, 1.807) is 26.0 Å². The highest BCUT2D eigenvalue weighted by Crippen LogP contribution is 2.37. The van der Waals surface area contributed by atoms with Crippen LogP contribution >= 0.6 is 0 Å². The topological polar surface area (TPSA) is 68.5 Å². The Morgan fingerprint density at radius 2 is 1.82 bits per heavy atom. The first-order chi connectivity index (χ1) is 13.3. The Morgan fingerprint density at radius 3 is 2.36 bits per heavy atom. The number of hydrogen-bond acceptors (Lipinski definition) is 3. The smallest absolute Gasteiger partial charge is 0.311 e. The Hall–Kier alpha value is -3.15. The van der Waals surface area contributed by atoms with Crippen LogP contribution in [0, 0.1) is 19.7 Å². The molecule has 0 saturated heterocycles. The van der Waals surface area contributed by atoms with Crippen LogP contribution in [0.4, 0.5) is 4.39 Å². The van der Waals surface area contributed by atoms with Crippen LogP contribution < -0.4 is 4.74 Å². The molecule has 3 aromatic rings. The van der Waals surface area contributed by atoms with Crippen molar-refractivity contribution in [1.29, 1.82) is 0 Å². The number of aromatic nitrogens is 1. The zero-order valence-electron chi connectivity index (χ0n) is 16.2. The van der Waals surface area contributed by atoms with Crippen molar-refractivity contribution in [3.05, 3.63) is 64.6 Å². The molecule has 6 heteroatoms. The van der Waals surface area contributed by atoms with Gasteiger partial charge in [-0.25, -0.2) is 4.39 Å². The summed E-state index contributed by atoms with van der Waals surface area (Å²) in [5.41, 5.74) is 2.78. The molecule has 3 rings (SSSR count). The molecule has 146 valence electrons. The molecule has 0 aliphatic rings. The maximum Gasteiger partial charge on any atom is 0.311 e. The highest BCUT2D eigenvalue weighted by Gasteiger charge is 2.29. The number of ether oxygens (including phenoxy) is 1. The molecule has 0 saturated carbocycles. The zero-order chi connectivity index (χ0) is 20.6. The molecule has 1 aromatic heterocycles. The van der Waals surface area contributed by atoms with E-state index < -0.39 is 17.7 Å². The number of benzene rings is 2. The van der Waals surface area contributed by atoms with Gasteiger partial charge in [0.1, 0.15) is 0 Å². The van der Waals surface area contributed by atoms with Crippen molar-refractivity contribution in [1.82, 2.24) is 4.57 Å². The van der Waals surface area contributed by atoms with Crippen LogP contribution in [0.15, 0.2) is 36.4 Å². The van der Waals surface area contributed by atoms with Gasteiger partial charge < -0.3 is 9.84 Å². The minimum atomic E-state index is -0.990. The fourth-order valence-electron chi connectivity index (χ4n) is 3.63. The highest BCUT2D eigenvalue weighted by molar-refractivity contribution is 6.05. The third kappa shape index (κ3) is 3.15. The zero-order valence-corrected chi connectivity index (χ0v) is 16.2. The number of nitrogens with zero attached hydrogens (tertiary/aromatic N) is 1. The molecule has 1 N–H and O–H groups in total. The van der Waals surface area contributed by atoms with Crippen molar-refractivity contribution < 1.29 is 23.8 Å². The summed E-state index contributed by atoms with van der Waals surface area (Å²) < 4.78 is 20.9. The second-order valence-electron chi connectivity index (χ2n) is 6.81. The molecule has 0 bridgehead atoms. The molecule has 28 heavy (non-hydrogen) atoms. The van der Waals surface area contributed by atoms with Crippen LogP contribution in [-0.4, -0.2) is 28.7 Å². The number of aliphatic carboxylic acids is 1. The number of fused-ring (bicyclic) bond motifs is 1. The molecule has 1 unspecified atom stereocenters. The first-order valence-electron chi connectivity index (χ1n) is 9.02. The monoisotopic (exact) mass is 383 g/mol. The van der Waals surface area contributed by atoms with Gasteiger partial charge in [-0.05, 0) is 44.0 Å². The van der Waals surface area contributed by atoms with E-state index in [-0.39, 0.29) is 11.7 Å². The number of carbonyl (C=O) groups excluding carboxylic acids is 1. The average Bonchev–Trinajstić information content (AvgIpc) is 2.93. The maximum atomic E-state index is 14.4. The van der Waals surface area contributed by atoms with E-state index in [2.05, 4.69) is 0 Å². The fourth-order valence-corrected chi connectivity index (χ4v) is 3.63. The van der Waals surface area contributed by atoms with Crippen molar-refractivity contribution >= 4 is 22.8 Å². The van der Waals surface area contributed by atoms with Crippen molar-refractivity contribution in [3.63, 3.8) is 0 Å². The number of carboxylic acids is 1. The number of halogens is 1. The van der Waals surface area contributed by atoms with Gasteiger partial charge in [0.05, 0.1) is 18.5 Å². The summed E-state index contributed by atoms with van der Waals surface area (Å²) >= 11 is 0. The minimum Gasteiger partial charge on any atom is -0.494 e. The van der Waals surface area contributed by atoms with E-state index in [1.807, 2.05) is 19.1 Å². The summed E-state index contributed by atoms with van der Waals surface area (Å²) in [7, 11) is 1.35. The van der Waals surface area contributed by atoms with E-state index in [0.717, 1.165) is 5.56 Å². The van der Waals surface area contributed by atoms with E-state index >= 15 is 0 Å². The first kappa shape index (κ1) is 19.6. The summed E-state index contributed by atoms with van der Waals surface area (Å²) in [6, 6.07) is 9.76. The maximum absolute atomic E-state index is 14.4. The van der Waals surface area contributed by atoms with Crippen LogP contribution in [0.3, 0.4) is 0 Å². The van der Waals surface area contributed by atoms with Crippen LogP contribution in [-0.2, 0) is 4.79 Å². The van der Waals surface area contributed by atoms with Gasteiger partial charge in [-0.15, -0.1) is 0 Å². The quantitative estimate of drug-likeness (QED) is 0.695. The molecule has 0 aliphatic heterocycles. The lowest BCUT2D eigenvalue weighted by atomic mass is 9.94. The Bertz CT molecular complexity index is 1070. The Morgan fingerprint density at radius 1 is 1.18 bits per heavy atom. The Balaban J connectivity index is 2.35. The lowest BCUT2D eigenvalue weighted by Gasteiger charge is -2.12. The predicted octanol–water partition coefficient (Wildman–Crippen LogP) is 4.67. The number of rotatable bonds is 5. The third-order valence-corrected chi connectivity index (χ3v) is 5.08. The van der Waals surface area contributed by atoms with Crippen molar-refractivity contribution in [2.45, 2.75) is 33.1 Å². The molecule has 0 radical (unpaired) electrons. The van der Waals surface area contributed by atoms with Crippen molar-refractivity contribution in [2.24, 2.45) is 0 Å². The molecule has 2 aromatic carbocycles. The van der Waals surface area contributed by atoms with E-state index in [4.69, 9.17) is 4.74 Å². The van der Waals surface area contributed by atoms with Gasteiger partial charge in [0.25, 0.3) is 5.91 Å². The molecule has 0 amide bonds. The number of methoxy groups -OCH3 is 1. The van der Waals surface area contributed by atoms with Gasteiger partial charge in [-0.3, -0.25) is 14.2 Å². The first-order valence-corrected chi connectivity index (χ1v) is 9.02. The number of aryl methyl sites for hydroxylation is 1. The number of carbonyl (C=O) groups is 2. The molecule has 0 aliphatic carbocycles. The normalized spacial score (nSPS) is 12.2. The SMILES string of the molecule is CCC(C(=O)O)c1c(C)n(C(=O)c2ccc(C)cc2)c2cc(F)c(OC)cc12. The van der Waals surface area contributed by atoms with Gasteiger partial charge in [0.15, 0.2) is 11.6 Å². The van der Waals surface area contributed by atoms with Gasteiger partial charge in [-0.1, -0.05) is 24.6 Å². The van der Waals surface area contributed by atoms with Crippen LogP contribution in [0.25, 0.3) is 10.9 Å². The Kier molecular flexibility index (Phi) is 5.23. The van der Waals surface area contributed by atoms with Crippen LogP contribution in [0.1, 0.15) is 46.4 Å². The van der Waals surface area contributed by atoms with E-state index in [9.17, 15) is 19.1 Å². The lowest BCUT2D eigenvalue weighted by Crippen LogP contribution is -2.16. The van der Waals surface area contributed by atoms with Gasteiger partial charge in [0.2, 0.25) is 0 Å². The van der Waals surface area contributed by atoms with Gasteiger partial charge >= 0.3 is 5.97 Å². The highest BCUT2D eigenvalue weighted by atomic mass is 19.1. The van der Waals surface area contributed by atoms with Crippen molar-refractivity contribution in [3.8, 4) is 5.75 Å².